The highest BCUT2D eigenvalue weighted by Gasteiger charge is 2.48. The van der Waals surface area contributed by atoms with E-state index in [1.807, 2.05) is 0 Å². The summed E-state index contributed by atoms with van der Waals surface area (Å²) in [6.45, 7) is 7.20. The minimum atomic E-state index is -5.58. The average Bonchev–Trinajstić information content (AvgIpc) is 3.25. The van der Waals surface area contributed by atoms with Crippen LogP contribution in [0.15, 0.2) is 110 Å². The van der Waals surface area contributed by atoms with Crippen LogP contribution < -0.4 is 18.9 Å². The van der Waals surface area contributed by atoms with Crippen LogP contribution in [0.1, 0.15) is 83.2 Å². The van der Waals surface area contributed by atoms with E-state index in [4.69, 9.17) is 28.4 Å². The number of carbonyl (C=O) groups excluding carboxylic acids is 4. The molecule has 0 radical (unpaired) electrons. The Morgan fingerprint density at radius 2 is 0.839 bits per heavy atom. The highest BCUT2D eigenvalue weighted by Crippen LogP contribution is 2.49. The Morgan fingerprint density at radius 3 is 1.29 bits per heavy atom. The van der Waals surface area contributed by atoms with Crippen molar-refractivity contribution in [1.29, 1.82) is 0 Å². The van der Waals surface area contributed by atoms with Crippen molar-refractivity contribution in [2.45, 2.75) is 63.7 Å². The molecule has 10 nitrogen and oxygen atoms in total. The lowest BCUT2D eigenvalue weighted by Gasteiger charge is -2.22. The van der Waals surface area contributed by atoms with Crippen LogP contribution in [0.5, 0.6) is 23.0 Å². The van der Waals surface area contributed by atoms with E-state index in [0.717, 1.165) is 37.8 Å². The number of esters is 4. The van der Waals surface area contributed by atoms with E-state index in [1.54, 1.807) is 36.4 Å². The quantitative estimate of drug-likeness (QED) is 0.0234. The summed E-state index contributed by atoms with van der Waals surface area (Å²) >= 11 is 0. The van der Waals surface area contributed by atoms with Crippen molar-refractivity contribution in [1.82, 2.24) is 0 Å². The topological polar surface area (TPSA) is 124 Å². The van der Waals surface area contributed by atoms with E-state index < -0.39 is 58.9 Å². The molecule has 0 aromatic heterocycles. The van der Waals surface area contributed by atoms with Gasteiger partial charge < -0.3 is 28.4 Å². The van der Waals surface area contributed by atoms with E-state index >= 15 is 0 Å². The van der Waals surface area contributed by atoms with Crippen molar-refractivity contribution in [3.05, 3.63) is 132 Å². The smallest absolute Gasteiger partial charge is 0.420 e. The van der Waals surface area contributed by atoms with Crippen LogP contribution in [0, 0.1) is 0 Å². The molecule has 0 amide bonds. The summed E-state index contributed by atoms with van der Waals surface area (Å²) in [5.41, 5.74) is -3.21. The first-order valence-electron chi connectivity index (χ1n) is 19.5. The molecule has 0 saturated heterocycles. The van der Waals surface area contributed by atoms with E-state index in [1.165, 1.54) is 36.4 Å². The van der Waals surface area contributed by atoms with Crippen molar-refractivity contribution in [3.63, 3.8) is 0 Å². The predicted octanol–water partition coefficient (Wildman–Crippen LogP) is 11.2. The Bertz CT molecular complexity index is 2130. The van der Waals surface area contributed by atoms with Gasteiger partial charge >= 0.3 is 36.2 Å². The van der Waals surface area contributed by atoms with Gasteiger partial charge in [0.1, 0.15) is 34.1 Å². The molecule has 0 N–H and O–H groups in total. The number of hydrogen-bond donors (Lipinski definition) is 0. The number of benzene rings is 4. The van der Waals surface area contributed by atoms with Crippen LogP contribution in [0.3, 0.4) is 0 Å². The molecule has 0 unspecified atom stereocenters. The second-order valence-corrected chi connectivity index (χ2v) is 13.5. The third-order valence-electron chi connectivity index (χ3n) is 8.93. The van der Waals surface area contributed by atoms with Crippen molar-refractivity contribution >= 4 is 23.9 Å². The molecule has 0 aliphatic heterocycles. The Labute approximate surface area is 354 Å². The number of unbranched alkanes of at least 4 members (excludes halogenated alkanes) is 6. The molecule has 0 fully saturated rings. The number of halogens is 6. The molecule has 4 aromatic rings. The van der Waals surface area contributed by atoms with Crippen molar-refractivity contribution in [2.24, 2.45) is 0 Å². The Kier molecular flexibility index (Phi) is 18.2. The zero-order chi connectivity index (χ0) is 45.1. The van der Waals surface area contributed by atoms with Gasteiger partial charge in [0.05, 0.1) is 37.6 Å². The van der Waals surface area contributed by atoms with Gasteiger partial charge in [-0.05, 0) is 123 Å². The second kappa shape index (κ2) is 23.4. The Balaban J connectivity index is 1.31. The summed E-state index contributed by atoms with van der Waals surface area (Å²) in [5.74, 6) is -4.55. The highest BCUT2D eigenvalue weighted by atomic mass is 19.4. The van der Waals surface area contributed by atoms with Crippen LogP contribution in [-0.2, 0) is 31.4 Å². The molecule has 0 aliphatic carbocycles. The maximum Gasteiger partial charge on any atom is 0.420 e. The minimum absolute atomic E-state index is 0.108. The standard InChI is InChI=1S/C46H44F6O10/c1-3-39(53)59-29-11-7-5-9-27-57-35-21-23-36(24-22-35)61-43(55)33-17-13-31(14-18-33)32-15-19-34(20-16-32)44(56)62-38-26-25-37(41(45(47,48)49)42(38)46(50,51)52)58-28-10-6-8-12-30-60-40(54)4-2/h3-4,13-26H,1-2,5-12,27-30H2. The first-order valence-corrected chi connectivity index (χ1v) is 19.5. The van der Waals surface area contributed by atoms with Crippen LogP contribution >= 0.6 is 0 Å². The number of hydrogen-bond acceptors (Lipinski definition) is 10. The lowest BCUT2D eigenvalue weighted by Crippen LogP contribution is -2.21. The zero-order valence-electron chi connectivity index (χ0n) is 33.5. The average molecular weight is 871 g/mol. The van der Waals surface area contributed by atoms with Crippen LogP contribution in [0.2, 0.25) is 0 Å². The van der Waals surface area contributed by atoms with Gasteiger partial charge in [-0.1, -0.05) is 37.4 Å². The molecule has 16 heteroatoms. The van der Waals surface area contributed by atoms with Gasteiger partial charge in [-0.3, -0.25) is 0 Å². The van der Waals surface area contributed by atoms with E-state index in [-0.39, 0.29) is 36.5 Å². The lowest BCUT2D eigenvalue weighted by molar-refractivity contribution is -0.163. The molecule has 0 aliphatic rings. The van der Waals surface area contributed by atoms with Crippen molar-refractivity contribution in [3.8, 4) is 34.1 Å². The molecule has 62 heavy (non-hydrogen) atoms. The number of ether oxygens (including phenoxy) is 6. The van der Waals surface area contributed by atoms with E-state index in [2.05, 4.69) is 13.2 Å². The maximum atomic E-state index is 14.2. The molecule has 0 atom stereocenters. The monoisotopic (exact) mass is 870 g/mol. The molecule has 0 spiro atoms. The fourth-order valence-corrected chi connectivity index (χ4v) is 5.81. The normalized spacial score (nSPS) is 11.3. The molecule has 0 bridgehead atoms. The van der Waals surface area contributed by atoms with Gasteiger partial charge in [0.2, 0.25) is 0 Å². The van der Waals surface area contributed by atoms with Gasteiger partial charge in [-0.25, -0.2) is 19.2 Å². The van der Waals surface area contributed by atoms with E-state index in [0.29, 0.717) is 61.5 Å². The zero-order valence-corrected chi connectivity index (χ0v) is 33.5. The molecular weight excluding hydrogens is 826 g/mol. The van der Waals surface area contributed by atoms with E-state index in [9.17, 15) is 45.5 Å². The van der Waals surface area contributed by atoms with Gasteiger partial charge in [0.15, 0.2) is 0 Å². The van der Waals surface area contributed by atoms with Gasteiger partial charge in [-0.15, -0.1) is 0 Å². The fourth-order valence-electron chi connectivity index (χ4n) is 5.81. The van der Waals surface area contributed by atoms with Crippen LogP contribution in [0.25, 0.3) is 11.1 Å². The summed E-state index contributed by atoms with van der Waals surface area (Å²) in [6, 6.07) is 19.4. The van der Waals surface area contributed by atoms with Gasteiger partial charge in [-0.2, -0.15) is 26.3 Å². The molecule has 0 saturated carbocycles. The van der Waals surface area contributed by atoms with Crippen LogP contribution in [0.4, 0.5) is 26.3 Å². The fraction of sp³-hybridized carbons (Fsp3) is 0.304. The molecule has 0 heterocycles. The van der Waals surface area contributed by atoms with Crippen molar-refractivity contribution in [2.75, 3.05) is 26.4 Å². The summed E-state index contributed by atoms with van der Waals surface area (Å²) in [4.78, 5) is 47.9. The largest absolute Gasteiger partial charge is 0.494 e. The second-order valence-electron chi connectivity index (χ2n) is 13.5. The van der Waals surface area contributed by atoms with Crippen LogP contribution in [-0.4, -0.2) is 50.3 Å². The van der Waals surface area contributed by atoms with Crippen molar-refractivity contribution < 1.29 is 73.9 Å². The third kappa shape index (κ3) is 15.2. The molecule has 4 aromatic carbocycles. The molecular formula is C46H44F6O10. The van der Waals surface area contributed by atoms with Gasteiger partial charge in [0.25, 0.3) is 0 Å². The number of carbonyl (C=O) groups is 4. The molecule has 4 rings (SSSR count). The maximum absolute atomic E-state index is 14.2. The predicted molar refractivity (Wildman–Crippen MR) is 215 cm³/mol. The first kappa shape index (κ1) is 48.1. The number of rotatable bonds is 23. The third-order valence-corrected chi connectivity index (χ3v) is 8.93. The highest BCUT2D eigenvalue weighted by molar-refractivity contribution is 5.93. The summed E-state index contributed by atoms with van der Waals surface area (Å²) in [6.07, 6.45) is -4.06. The first-order chi connectivity index (χ1) is 29.6. The summed E-state index contributed by atoms with van der Waals surface area (Å²) in [5, 5.41) is 0. The molecule has 330 valence electrons. The summed E-state index contributed by atoms with van der Waals surface area (Å²) < 4.78 is 116. The Hall–Kier alpha value is -6.58. The summed E-state index contributed by atoms with van der Waals surface area (Å²) in [7, 11) is 0. The minimum Gasteiger partial charge on any atom is -0.494 e. The SMILES string of the molecule is C=CC(=O)OCCCCCCOc1ccc(OC(=O)c2ccc(-c3ccc(C(=O)Oc4ccc(OCCCCCCOC(=O)C=C)c(C(F)(F)F)c4C(F)(F)F)cc3)cc2)cc1. The number of alkyl halides is 6. The van der Waals surface area contributed by atoms with Gasteiger partial charge in [0, 0.05) is 12.2 Å². The lowest BCUT2D eigenvalue weighted by atomic mass is 10.0. The Morgan fingerprint density at radius 1 is 0.452 bits per heavy atom.